The fourth-order valence-electron chi connectivity index (χ4n) is 3.72. The molecule has 4 rings (SSSR count). The molecule has 0 aliphatic heterocycles. The lowest BCUT2D eigenvalue weighted by Gasteiger charge is -2.24. The molecule has 1 amide bonds. The molecule has 1 aromatic heterocycles. The molecule has 0 unspecified atom stereocenters. The zero-order valence-electron chi connectivity index (χ0n) is 21.6. The fourth-order valence-corrected chi connectivity index (χ4v) is 5.34. The van der Waals surface area contributed by atoms with Crippen LogP contribution >= 0.6 is 11.6 Å². The Bertz CT molecular complexity index is 1610. The predicted octanol–water partition coefficient (Wildman–Crippen LogP) is 4.95. The van der Waals surface area contributed by atoms with Crippen molar-refractivity contribution < 1.29 is 22.7 Å². The Morgan fingerprint density at radius 3 is 2.41 bits per heavy atom. The average Bonchev–Trinajstić information content (AvgIpc) is 2.92. The lowest BCUT2D eigenvalue weighted by Crippen LogP contribution is -2.39. The number of carbonyl (C=O) groups is 1. The lowest BCUT2D eigenvalue weighted by atomic mass is 10.1. The Morgan fingerprint density at radius 1 is 1.05 bits per heavy atom. The Balaban J connectivity index is 1.56. The number of hydrogen-bond acceptors (Lipinski definition) is 7. The van der Waals surface area contributed by atoms with Crippen LogP contribution in [0.3, 0.4) is 0 Å². The van der Waals surface area contributed by atoms with Crippen molar-refractivity contribution in [1.82, 2.24) is 10.4 Å². The molecule has 0 aliphatic carbocycles. The first-order valence-corrected chi connectivity index (χ1v) is 13.8. The van der Waals surface area contributed by atoms with Crippen molar-refractivity contribution in [3.63, 3.8) is 0 Å². The molecule has 0 bridgehead atoms. The minimum Gasteiger partial charge on any atom is -0.497 e. The van der Waals surface area contributed by atoms with Crippen LogP contribution in [0.1, 0.15) is 18.1 Å². The minimum atomic E-state index is -4.07. The number of methoxy groups -OCH3 is 1. The first kappa shape index (κ1) is 27.9. The number of ether oxygens (including phenoxy) is 2. The van der Waals surface area contributed by atoms with E-state index in [0.717, 1.165) is 15.3 Å². The molecule has 4 aromatic rings. The Hall–Kier alpha value is -4.15. The van der Waals surface area contributed by atoms with Crippen molar-refractivity contribution in [2.24, 2.45) is 5.10 Å². The first-order chi connectivity index (χ1) is 18.7. The number of anilines is 1. The van der Waals surface area contributed by atoms with Gasteiger partial charge in [0.15, 0.2) is 0 Å². The summed E-state index contributed by atoms with van der Waals surface area (Å²) in [7, 11) is -2.50. The molecule has 3 aromatic carbocycles. The summed E-state index contributed by atoms with van der Waals surface area (Å²) in [5.41, 5.74) is 4.72. The number of hydrazone groups is 1. The van der Waals surface area contributed by atoms with Gasteiger partial charge in [-0.25, -0.2) is 18.8 Å². The maximum absolute atomic E-state index is 13.5. The Kier molecular flexibility index (Phi) is 8.68. The largest absolute Gasteiger partial charge is 0.497 e. The molecule has 11 heteroatoms. The number of sulfonamides is 1. The molecule has 1 N–H and O–H groups in total. The zero-order valence-corrected chi connectivity index (χ0v) is 23.2. The van der Waals surface area contributed by atoms with E-state index in [2.05, 4.69) is 15.5 Å². The van der Waals surface area contributed by atoms with Crippen molar-refractivity contribution in [1.29, 1.82) is 0 Å². The highest BCUT2D eigenvalue weighted by molar-refractivity contribution is 7.92. The number of fused-ring (bicyclic) bond motifs is 1. The Labute approximate surface area is 232 Å². The highest BCUT2D eigenvalue weighted by Gasteiger charge is 2.27. The summed E-state index contributed by atoms with van der Waals surface area (Å²) in [6.07, 6.45) is 1.35. The number of nitrogens with one attached hydrogen (secondary N) is 1. The standard InChI is InChI=1S/C28H27ClN4O5S/c1-4-38-23-11-8-22(9-12-23)33(39(35,36)25-13-5-19(2)6-14-25)18-27(34)32-30-17-21-15-20-7-10-24(37-3)16-26(20)31-28(21)29/h5-17H,4,18H2,1-3H3,(H,32,34)/b30-17-. The van der Waals surface area contributed by atoms with Gasteiger partial charge in [0.1, 0.15) is 23.2 Å². The fraction of sp³-hybridized carbons (Fsp3) is 0.179. The maximum Gasteiger partial charge on any atom is 0.264 e. The van der Waals surface area contributed by atoms with Gasteiger partial charge in [0, 0.05) is 17.0 Å². The second-order valence-corrected chi connectivity index (χ2v) is 10.7. The molecule has 9 nitrogen and oxygen atoms in total. The number of halogens is 1. The molecule has 0 saturated heterocycles. The van der Waals surface area contributed by atoms with Crippen molar-refractivity contribution >= 4 is 50.3 Å². The van der Waals surface area contributed by atoms with E-state index in [4.69, 9.17) is 21.1 Å². The van der Waals surface area contributed by atoms with E-state index in [0.29, 0.717) is 34.9 Å². The van der Waals surface area contributed by atoms with E-state index in [1.165, 1.54) is 18.3 Å². The molecular weight excluding hydrogens is 540 g/mol. The third kappa shape index (κ3) is 6.65. The van der Waals surface area contributed by atoms with Gasteiger partial charge in [-0.2, -0.15) is 5.10 Å². The number of amides is 1. The molecule has 0 atom stereocenters. The van der Waals surface area contributed by atoms with Crippen molar-refractivity contribution in [2.75, 3.05) is 24.6 Å². The number of carbonyl (C=O) groups excluding carboxylic acids is 1. The number of hydrogen-bond donors (Lipinski definition) is 1. The van der Waals surface area contributed by atoms with Gasteiger partial charge in [0.25, 0.3) is 15.9 Å². The third-order valence-corrected chi connectivity index (χ3v) is 7.82. The van der Waals surface area contributed by atoms with Crippen molar-refractivity contribution in [3.05, 3.63) is 89.1 Å². The van der Waals surface area contributed by atoms with E-state index in [9.17, 15) is 13.2 Å². The molecule has 0 aliphatic rings. The van der Waals surface area contributed by atoms with E-state index < -0.39 is 22.5 Å². The van der Waals surface area contributed by atoms with Crippen LogP contribution in [0.25, 0.3) is 10.9 Å². The molecule has 0 spiro atoms. The number of aromatic nitrogens is 1. The van der Waals surface area contributed by atoms with Gasteiger partial charge in [-0.3, -0.25) is 9.10 Å². The second kappa shape index (κ2) is 12.1. The zero-order chi connectivity index (χ0) is 28.0. The molecule has 1 heterocycles. The highest BCUT2D eigenvalue weighted by atomic mass is 35.5. The topological polar surface area (TPSA) is 110 Å². The number of pyridine rings is 1. The van der Waals surface area contributed by atoms with Crippen LogP contribution < -0.4 is 19.2 Å². The number of benzene rings is 3. The van der Waals surface area contributed by atoms with Crippen molar-refractivity contribution in [2.45, 2.75) is 18.7 Å². The molecular formula is C28H27ClN4O5S. The van der Waals surface area contributed by atoms with Gasteiger partial charge < -0.3 is 9.47 Å². The highest BCUT2D eigenvalue weighted by Crippen LogP contribution is 2.26. The molecule has 202 valence electrons. The molecule has 0 saturated carbocycles. The second-order valence-electron chi connectivity index (χ2n) is 8.47. The number of nitrogens with zero attached hydrogens (tertiary/aromatic N) is 3. The summed E-state index contributed by atoms with van der Waals surface area (Å²) in [4.78, 5) is 17.3. The van der Waals surface area contributed by atoms with Crippen LogP contribution in [0.15, 0.2) is 82.8 Å². The van der Waals surface area contributed by atoms with Crippen molar-refractivity contribution in [3.8, 4) is 11.5 Å². The SMILES string of the molecule is CCOc1ccc(N(CC(=O)N/N=C\c2cc3ccc(OC)cc3nc2Cl)S(=O)(=O)c2ccc(C)cc2)cc1. The lowest BCUT2D eigenvalue weighted by molar-refractivity contribution is -0.119. The Morgan fingerprint density at radius 2 is 1.74 bits per heavy atom. The molecule has 0 radical (unpaired) electrons. The third-order valence-electron chi connectivity index (χ3n) is 5.73. The molecule has 0 fully saturated rings. The molecule has 39 heavy (non-hydrogen) atoms. The summed E-state index contributed by atoms with van der Waals surface area (Å²) in [6, 6.07) is 20.0. The van der Waals surface area contributed by atoms with Crippen LogP contribution in [-0.2, 0) is 14.8 Å². The number of aryl methyl sites for hydroxylation is 1. The van der Waals surface area contributed by atoms with Gasteiger partial charge in [-0.15, -0.1) is 0 Å². The summed E-state index contributed by atoms with van der Waals surface area (Å²) >= 11 is 6.30. The van der Waals surface area contributed by atoms with Gasteiger partial charge >= 0.3 is 0 Å². The summed E-state index contributed by atoms with van der Waals surface area (Å²) in [5.74, 6) is 0.588. The minimum absolute atomic E-state index is 0.0592. The monoisotopic (exact) mass is 566 g/mol. The van der Waals surface area contributed by atoms with Crippen LogP contribution in [-0.4, -0.2) is 45.8 Å². The van der Waals surface area contributed by atoms with Gasteiger partial charge in [0.05, 0.1) is 36.0 Å². The van der Waals surface area contributed by atoms with E-state index >= 15 is 0 Å². The van der Waals surface area contributed by atoms with Crippen LogP contribution in [0.4, 0.5) is 5.69 Å². The number of rotatable bonds is 10. The quantitative estimate of drug-likeness (QED) is 0.165. The summed E-state index contributed by atoms with van der Waals surface area (Å²) in [5, 5.41) is 4.97. The maximum atomic E-state index is 13.5. The summed E-state index contributed by atoms with van der Waals surface area (Å²) in [6.45, 7) is 3.67. The van der Waals surface area contributed by atoms with E-state index in [1.807, 2.05) is 19.9 Å². The van der Waals surface area contributed by atoms with E-state index in [-0.39, 0.29) is 10.0 Å². The van der Waals surface area contributed by atoms with Gasteiger partial charge in [0.2, 0.25) is 0 Å². The first-order valence-electron chi connectivity index (χ1n) is 12.0. The van der Waals surface area contributed by atoms with Crippen LogP contribution in [0, 0.1) is 6.92 Å². The van der Waals surface area contributed by atoms with Crippen LogP contribution in [0.2, 0.25) is 5.15 Å². The smallest absolute Gasteiger partial charge is 0.264 e. The normalized spacial score (nSPS) is 11.5. The average molecular weight is 567 g/mol. The summed E-state index contributed by atoms with van der Waals surface area (Å²) < 4.78 is 38.8. The van der Waals surface area contributed by atoms with E-state index in [1.54, 1.807) is 61.7 Å². The predicted molar refractivity (Wildman–Crippen MR) is 152 cm³/mol. The van der Waals surface area contributed by atoms with Gasteiger partial charge in [-0.05, 0) is 68.4 Å². The van der Waals surface area contributed by atoms with Gasteiger partial charge in [-0.1, -0.05) is 29.3 Å². The van der Waals surface area contributed by atoms with Crippen LogP contribution in [0.5, 0.6) is 11.5 Å².